The molecular weight excluding hydrogens is 463 g/mol. The van der Waals surface area contributed by atoms with Crippen molar-refractivity contribution in [1.29, 1.82) is 0 Å². The van der Waals surface area contributed by atoms with E-state index in [0.29, 0.717) is 5.41 Å². The minimum Gasteiger partial charge on any atom is -0.381 e. The third-order valence-corrected chi connectivity index (χ3v) is 7.20. The Hall–Kier alpha value is -0.860. The average Bonchev–Trinajstić information content (AvgIpc) is 3.30. The maximum atomic E-state index is 5.62. The number of rotatable bonds is 3. The van der Waals surface area contributed by atoms with Gasteiger partial charge >= 0.3 is 0 Å². The molecule has 28 heavy (non-hydrogen) atoms. The second-order valence-corrected chi connectivity index (χ2v) is 8.72. The van der Waals surface area contributed by atoms with Gasteiger partial charge in [-0.15, -0.1) is 24.0 Å². The van der Waals surface area contributed by atoms with E-state index < -0.39 is 0 Å². The second-order valence-electron chi connectivity index (χ2n) is 8.72. The molecule has 156 valence electrons. The van der Waals surface area contributed by atoms with Gasteiger partial charge in [0, 0.05) is 50.0 Å². The Kier molecular flexibility index (Phi) is 6.92. The van der Waals surface area contributed by atoms with Crippen molar-refractivity contribution >= 4 is 35.6 Å². The molecular formula is C22H35IN4O. The van der Waals surface area contributed by atoms with Gasteiger partial charge in [-0.05, 0) is 51.4 Å². The number of anilines is 1. The summed E-state index contributed by atoms with van der Waals surface area (Å²) < 4.78 is 5.62. The number of guanidine groups is 1. The van der Waals surface area contributed by atoms with Gasteiger partial charge < -0.3 is 19.9 Å². The lowest BCUT2D eigenvalue weighted by Crippen LogP contribution is -2.57. The van der Waals surface area contributed by atoms with E-state index in [0.717, 1.165) is 45.1 Å². The number of para-hydroxylation sites is 1. The first kappa shape index (κ1) is 21.8. The number of nitrogens with one attached hydrogen (secondary N) is 1. The highest BCUT2D eigenvalue weighted by Crippen LogP contribution is 2.50. The van der Waals surface area contributed by atoms with E-state index in [1.165, 1.54) is 36.9 Å². The van der Waals surface area contributed by atoms with E-state index in [9.17, 15) is 0 Å². The molecule has 1 aromatic carbocycles. The molecule has 1 saturated carbocycles. The number of halogens is 1. The predicted octanol–water partition coefficient (Wildman–Crippen LogP) is 3.62. The summed E-state index contributed by atoms with van der Waals surface area (Å²) in [5.74, 6) is 1.01. The molecule has 0 unspecified atom stereocenters. The number of nitrogens with zero attached hydrogens (tertiary/aromatic N) is 3. The molecule has 3 aliphatic rings. The van der Waals surface area contributed by atoms with Crippen LogP contribution in [0.3, 0.4) is 0 Å². The number of likely N-dealkylation sites (N-methyl/N-ethyl adjacent to an activating group) is 1. The Labute approximate surface area is 186 Å². The number of benzene rings is 1. The normalized spacial score (nSPS) is 23.0. The summed E-state index contributed by atoms with van der Waals surface area (Å²) in [5.41, 5.74) is 3.34. The third-order valence-electron chi connectivity index (χ3n) is 7.20. The Morgan fingerprint density at radius 1 is 1.14 bits per heavy atom. The topological polar surface area (TPSA) is 40.1 Å². The van der Waals surface area contributed by atoms with Crippen molar-refractivity contribution < 1.29 is 4.74 Å². The summed E-state index contributed by atoms with van der Waals surface area (Å²) in [7, 11) is 6.29. The number of hydrogen-bond donors (Lipinski definition) is 1. The molecule has 6 heteroatoms. The largest absolute Gasteiger partial charge is 0.381 e. The number of fused-ring (bicyclic) bond motifs is 2. The van der Waals surface area contributed by atoms with Crippen molar-refractivity contribution in [2.75, 3.05) is 52.3 Å². The van der Waals surface area contributed by atoms with Gasteiger partial charge in [0.15, 0.2) is 5.96 Å². The molecule has 2 fully saturated rings. The van der Waals surface area contributed by atoms with Crippen LogP contribution in [0.15, 0.2) is 29.3 Å². The maximum absolute atomic E-state index is 5.62. The molecule has 1 saturated heterocycles. The number of aliphatic imine (C=N–C) groups is 1. The van der Waals surface area contributed by atoms with Crippen LogP contribution >= 0.6 is 24.0 Å². The average molecular weight is 498 g/mol. The molecule has 1 aromatic rings. The lowest BCUT2D eigenvalue weighted by Gasteiger charge is -2.43. The van der Waals surface area contributed by atoms with Crippen LogP contribution in [0.25, 0.3) is 0 Å². The summed E-state index contributed by atoms with van der Waals surface area (Å²) in [5, 5.41) is 3.73. The molecule has 2 aliphatic heterocycles. The molecule has 0 bridgehead atoms. The first-order valence-corrected chi connectivity index (χ1v) is 10.4. The highest BCUT2D eigenvalue weighted by molar-refractivity contribution is 14.0. The molecule has 0 aromatic heterocycles. The fourth-order valence-electron chi connectivity index (χ4n) is 5.37. The van der Waals surface area contributed by atoms with Gasteiger partial charge in [-0.2, -0.15) is 0 Å². The van der Waals surface area contributed by atoms with Crippen molar-refractivity contribution in [2.24, 2.45) is 4.99 Å². The molecule has 4 rings (SSSR count). The highest BCUT2D eigenvalue weighted by atomic mass is 127. The quantitative estimate of drug-likeness (QED) is 0.393. The van der Waals surface area contributed by atoms with E-state index in [2.05, 4.69) is 58.5 Å². The van der Waals surface area contributed by atoms with Crippen molar-refractivity contribution in [3.05, 3.63) is 29.8 Å². The van der Waals surface area contributed by atoms with Crippen LogP contribution in [0.1, 0.15) is 44.1 Å². The standard InChI is InChI=1S/C22H34N4O.HI/c1-23-20(24-16-22(25(2)3)12-14-27-15-13-22)26-17-21(10-6-7-11-21)18-8-4-5-9-19(18)26;/h4-5,8-9H,6-7,10-17H2,1-3H3,(H,23,24);1H. The van der Waals surface area contributed by atoms with Crippen molar-refractivity contribution in [3.63, 3.8) is 0 Å². The van der Waals surface area contributed by atoms with Gasteiger partial charge in [0.1, 0.15) is 0 Å². The zero-order chi connectivity index (χ0) is 18.9. The molecule has 1 N–H and O–H groups in total. The molecule has 1 spiro atoms. The zero-order valence-electron chi connectivity index (χ0n) is 17.5. The van der Waals surface area contributed by atoms with Crippen LogP contribution in [0.4, 0.5) is 5.69 Å². The van der Waals surface area contributed by atoms with Gasteiger partial charge in [0.2, 0.25) is 0 Å². The lowest BCUT2D eigenvalue weighted by atomic mass is 9.81. The van der Waals surface area contributed by atoms with Crippen LogP contribution < -0.4 is 10.2 Å². The van der Waals surface area contributed by atoms with Crippen LogP contribution in [-0.2, 0) is 10.2 Å². The Morgan fingerprint density at radius 2 is 1.82 bits per heavy atom. The minimum absolute atomic E-state index is 0. The fourth-order valence-corrected chi connectivity index (χ4v) is 5.37. The Bertz CT molecular complexity index is 694. The predicted molar refractivity (Wildman–Crippen MR) is 127 cm³/mol. The van der Waals surface area contributed by atoms with Gasteiger partial charge in [0.25, 0.3) is 0 Å². The van der Waals surface area contributed by atoms with E-state index in [1.54, 1.807) is 0 Å². The third kappa shape index (κ3) is 3.79. The highest BCUT2D eigenvalue weighted by Gasteiger charge is 2.45. The van der Waals surface area contributed by atoms with E-state index in [-0.39, 0.29) is 29.5 Å². The van der Waals surface area contributed by atoms with Gasteiger partial charge in [-0.3, -0.25) is 4.99 Å². The molecule has 1 aliphatic carbocycles. The molecule has 0 amide bonds. The van der Waals surface area contributed by atoms with E-state index in [1.807, 2.05) is 7.05 Å². The van der Waals surface area contributed by atoms with Crippen molar-refractivity contribution in [3.8, 4) is 0 Å². The number of hydrogen-bond acceptors (Lipinski definition) is 3. The van der Waals surface area contributed by atoms with Crippen LogP contribution in [0.5, 0.6) is 0 Å². The summed E-state index contributed by atoms with van der Waals surface area (Å²) in [4.78, 5) is 9.48. The first-order valence-electron chi connectivity index (χ1n) is 10.4. The SMILES string of the molecule is CN=C(NCC1(N(C)C)CCOCC1)N1CC2(CCCC2)c2ccccc21.I. The molecule has 2 heterocycles. The fraction of sp³-hybridized carbons (Fsp3) is 0.682. The number of ether oxygens (including phenoxy) is 1. The van der Waals surface area contributed by atoms with Gasteiger partial charge in [-0.25, -0.2) is 0 Å². The molecule has 0 radical (unpaired) electrons. The lowest BCUT2D eigenvalue weighted by molar-refractivity contribution is -0.00496. The van der Waals surface area contributed by atoms with E-state index in [4.69, 9.17) is 4.74 Å². The van der Waals surface area contributed by atoms with Crippen molar-refractivity contribution in [1.82, 2.24) is 10.2 Å². The minimum atomic E-state index is 0. The first-order chi connectivity index (χ1) is 13.1. The van der Waals surface area contributed by atoms with E-state index >= 15 is 0 Å². The Morgan fingerprint density at radius 3 is 2.46 bits per heavy atom. The zero-order valence-corrected chi connectivity index (χ0v) is 19.9. The van der Waals surface area contributed by atoms with Crippen molar-refractivity contribution in [2.45, 2.75) is 49.5 Å². The summed E-state index contributed by atoms with van der Waals surface area (Å²) in [6.07, 6.45) is 7.41. The van der Waals surface area contributed by atoms with Crippen LogP contribution in [0.2, 0.25) is 0 Å². The summed E-state index contributed by atoms with van der Waals surface area (Å²) in [6, 6.07) is 8.97. The maximum Gasteiger partial charge on any atom is 0.198 e. The molecule has 5 nitrogen and oxygen atoms in total. The molecule has 0 atom stereocenters. The smallest absolute Gasteiger partial charge is 0.198 e. The summed E-state index contributed by atoms with van der Waals surface area (Å²) in [6.45, 7) is 3.65. The summed E-state index contributed by atoms with van der Waals surface area (Å²) >= 11 is 0. The van der Waals surface area contributed by atoms with Crippen LogP contribution in [-0.4, -0.2) is 63.8 Å². The Balaban J connectivity index is 0.00000225. The van der Waals surface area contributed by atoms with Crippen LogP contribution in [0, 0.1) is 0 Å². The van der Waals surface area contributed by atoms with Gasteiger partial charge in [0.05, 0.1) is 0 Å². The monoisotopic (exact) mass is 498 g/mol. The van der Waals surface area contributed by atoms with Gasteiger partial charge in [-0.1, -0.05) is 31.0 Å². The second kappa shape index (κ2) is 8.88.